The molecule has 4 nitrogen and oxygen atoms in total. The number of fused-ring (bicyclic) bond motifs is 6. The molecule has 0 fully saturated rings. The summed E-state index contributed by atoms with van der Waals surface area (Å²) >= 11 is 0. The van der Waals surface area contributed by atoms with Gasteiger partial charge in [-0.1, -0.05) is 72.8 Å². The summed E-state index contributed by atoms with van der Waals surface area (Å²) in [6.07, 6.45) is 1.89. The average Bonchev–Trinajstić information content (AvgIpc) is 3.62. The Morgan fingerprint density at radius 1 is 0.378 bits per heavy atom. The first kappa shape index (κ1) is 25.4. The lowest BCUT2D eigenvalue weighted by molar-refractivity contribution is 1.16. The summed E-state index contributed by atoms with van der Waals surface area (Å²) in [5.74, 6) is 0. The van der Waals surface area contributed by atoms with E-state index in [4.69, 9.17) is 4.98 Å². The Balaban J connectivity index is 1.28. The molecule has 0 N–H and O–H groups in total. The van der Waals surface area contributed by atoms with Gasteiger partial charge >= 0.3 is 0 Å². The van der Waals surface area contributed by atoms with E-state index in [1.807, 2.05) is 12.3 Å². The highest BCUT2D eigenvalue weighted by Crippen LogP contribution is 2.40. The molecule has 0 aliphatic carbocycles. The van der Waals surface area contributed by atoms with Gasteiger partial charge in [0, 0.05) is 50.8 Å². The van der Waals surface area contributed by atoms with Crippen molar-refractivity contribution in [2.75, 3.05) is 4.90 Å². The number of aromatic nitrogens is 3. The van der Waals surface area contributed by atoms with E-state index in [9.17, 15) is 0 Å². The lowest BCUT2D eigenvalue weighted by atomic mass is 10.1. The SMILES string of the molecule is c1ccc(N(c2ccccc2)c2ccc3c(c2)c2ccccc2n3-c2ccc3c(c2)c2ncccc2n3-c2ccccc2)cc1. The fourth-order valence-electron chi connectivity index (χ4n) is 6.80. The molecule has 0 atom stereocenters. The first-order valence-electron chi connectivity index (χ1n) is 15.2. The molecular weight excluding hydrogens is 548 g/mol. The molecule has 6 aromatic carbocycles. The van der Waals surface area contributed by atoms with E-state index in [2.05, 4.69) is 172 Å². The van der Waals surface area contributed by atoms with Crippen molar-refractivity contribution in [3.8, 4) is 11.4 Å². The highest BCUT2D eigenvalue weighted by atomic mass is 15.1. The van der Waals surface area contributed by atoms with E-state index in [0.29, 0.717) is 0 Å². The van der Waals surface area contributed by atoms with Crippen LogP contribution in [0.3, 0.4) is 0 Å². The van der Waals surface area contributed by atoms with E-state index in [1.165, 1.54) is 21.8 Å². The smallest absolute Gasteiger partial charge is 0.0964 e. The van der Waals surface area contributed by atoms with Crippen LogP contribution >= 0.6 is 0 Å². The molecule has 0 spiro atoms. The molecule has 4 heteroatoms. The summed E-state index contributed by atoms with van der Waals surface area (Å²) in [5, 5.41) is 3.57. The Labute approximate surface area is 260 Å². The Bertz CT molecular complexity index is 2440. The monoisotopic (exact) mass is 576 g/mol. The van der Waals surface area contributed by atoms with E-state index in [-0.39, 0.29) is 0 Å². The van der Waals surface area contributed by atoms with Crippen LogP contribution in [0.4, 0.5) is 17.1 Å². The van der Waals surface area contributed by atoms with Crippen molar-refractivity contribution in [1.29, 1.82) is 0 Å². The first-order valence-corrected chi connectivity index (χ1v) is 15.2. The molecule has 0 saturated carbocycles. The molecule has 0 bridgehead atoms. The normalized spacial score (nSPS) is 11.6. The number of pyridine rings is 1. The van der Waals surface area contributed by atoms with Crippen LogP contribution in [0.1, 0.15) is 0 Å². The zero-order valence-electron chi connectivity index (χ0n) is 24.5. The fourth-order valence-corrected chi connectivity index (χ4v) is 6.80. The summed E-state index contributed by atoms with van der Waals surface area (Å²) in [5.41, 5.74) is 11.2. The molecule has 45 heavy (non-hydrogen) atoms. The number of para-hydroxylation sites is 4. The van der Waals surface area contributed by atoms with E-state index in [0.717, 1.165) is 50.4 Å². The van der Waals surface area contributed by atoms with Gasteiger partial charge in [-0.2, -0.15) is 0 Å². The maximum Gasteiger partial charge on any atom is 0.0964 e. The third kappa shape index (κ3) is 4.04. The largest absolute Gasteiger partial charge is 0.310 e. The zero-order chi connectivity index (χ0) is 29.7. The van der Waals surface area contributed by atoms with Crippen LogP contribution in [0.5, 0.6) is 0 Å². The van der Waals surface area contributed by atoms with Crippen LogP contribution in [0.25, 0.3) is 55.1 Å². The van der Waals surface area contributed by atoms with Crippen molar-refractivity contribution in [2.24, 2.45) is 0 Å². The van der Waals surface area contributed by atoms with Gasteiger partial charge in [-0.05, 0) is 91.0 Å². The topological polar surface area (TPSA) is 26.0 Å². The molecule has 9 aromatic rings. The second kappa shape index (κ2) is 10.2. The fraction of sp³-hybridized carbons (Fsp3) is 0. The van der Waals surface area contributed by atoms with Gasteiger partial charge < -0.3 is 14.0 Å². The highest BCUT2D eigenvalue weighted by Gasteiger charge is 2.19. The minimum atomic E-state index is 1.00. The van der Waals surface area contributed by atoms with E-state index in [1.54, 1.807) is 0 Å². The third-order valence-corrected chi connectivity index (χ3v) is 8.72. The number of anilines is 3. The molecule has 0 amide bonds. The zero-order valence-corrected chi connectivity index (χ0v) is 24.5. The van der Waals surface area contributed by atoms with Crippen LogP contribution < -0.4 is 4.90 Å². The van der Waals surface area contributed by atoms with Gasteiger partial charge in [0.1, 0.15) is 0 Å². The van der Waals surface area contributed by atoms with Crippen molar-refractivity contribution >= 4 is 60.8 Å². The maximum atomic E-state index is 4.86. The number of benzene rings is 6. The van der Waals surface area contributed by atoms with Gasteiger partial charge in [0.25, 0.3) is 0 Å². The van der Waals surface area contributed by atoms with Gasteiger partial charge in [-0.25, -0.2) is 0 Å². The molecule has 3 aromatic heterocycles. The van der Waals surface area contributed by atoms with Gasteiger partial charge in [0.2, 0.25) is 0 Å². The number of hydrogen-bond donors (Lipinski definition) is 0. The Kier molecular flexibility index (Phi) is 5.78. The van der Waals surface area contributed by atoms with Gasteiger partial charge in [-0.15, -0.1) is 0 Å². The highest BCUT2D eigenvalue weighted by molar-refractivity contribution is 6.12. The van der Waals surface area contributed by atoms with E-state index >= 15 is 0 Å². The summed E-state index contributed by atoms with van der Waals surface area (Å²) < 4.78 is 4.69. The summed E-state index contributed by atoms with van der Waals surface area (Å²) in [4.78, 5) is 7.18. The van der Waals surface area contributed by atoms with Crippen molar-refractivity contribution in [3.63, 3.8) is 0 Å². The van der Waals surface area contributed by atoms with Crippen LogP contribution in [0.15, 0.2) is 170 Å². The predicted octanol–water partition coefficient (Wildman–Crippen LogP) is 10.7. The van der Waals surface area contributed by atoms with Crippen LogP contribution in [0.2, 0.25) is 0 Å². The average molecular weight is 577 g/mol. The third-order valence-electron chi connectivity index (χ3n) is 8.72. The molecule has 0 unspecified atom stereocenters. The van der Waals surface area contributed by atoms with Crippen LogP contribution in [0, 0.1) is 0 Å². The minimum Gasteiger partial charge on any atom is -0.310 e. The van der Waals surface area contributed by atoms with E-state index < -0.39 is 0 Å². The van der Waals surface area contributed by atoms with Crippen molar-refractivity contribution in [2.45, 2.75) is 0 Å². The van der Waals surface area contributed by atoms with Crippen molar-refractivity contribution < 1.29 is 0 Å². The Morgan fingerprint density at radius 2 is 0.956 bits per heavy atom. The van der Waals surface area contributed by atoms with Crippen LogP contribution in [-0.2, 0) is 0 Å². The number of nitrogens with zero attached hydrogens (tertiary/aromatic N) is 4. The quantitative estimate of drug-likeness (QED) is 0.204. The Hall–Kier alpha value is -6.13. The first-order chi connectivity index (χ1) is 22.3. The standard InChI is InChI=1S/C41H28N4/c1-4-13-29(14-5-1)43(30-15-6-2-7-16-30)32-22-24-38-35(27-32)34-19-10-11-20-37(34)45(38)33-23-25-39-36(28-33)41-40(21-12-26-42-41)44(39)31-17-8-3-9-18-31/h1-28H. The molecular formula is C41H28N4. The molecule has 3 heterocycles. The number of hydrogen-bond acceptors (Lipinski definition) is 2. The van der Waals surface area contributed by atoms with Gasteiger partial charge in [0.15, 0.2) is 0 Å². The second-order valence-corrected chi connectivity index (χ2v) is 11.3. The molecule has 0 aliphatic rings. The van der Waals surface area contributed by atoms with Gasteiger partial charge in [0.05, 0.1) is 27.6 Å². The van der Waals surface area contributed by atoms with Crippen molar-refractivity contribution in [3.05, 3.63) is 170 Å². The predicted molar refractivity (Wildman–Crippen MR) is 188 cm³/mol. The summed E-state index contributed by atoms with van der Waals surface area (Å²) in [6, 6.07) is 58.1. The van der Waals surface area contributed by atoms with Gasteiger partial charge in [-0.3, -0.25) is 4.98 Å². The molecule has 0 radical (unpaired) electrons. The lowest BCUT2D eigenvalue weighted by Crippen LogP contribution is -2.09. The summed E-state index contributed by atoms with van der Waals surface area (Å²) in [6.45, 7) is 0. The number of rotatable bonds is 5. The minimum absolute atomic E-state index is 1.00. The lowest BCUT2D eigenvalue weighted by Gasteiger charge is -2.25. The molecule has 0 saturated heterocycles. The molecule has 212 valence electrons. The second-order valence-electron chi connectivity index (χ2n) is 11.3. The summed E-state index contributed by atoms with van der Waals surface area (Å²) in [7, 11) is 0. The van der Waals surface area contributed by atoms with Crippen molar-refractivity contribution in [1.82, 2.24) is 14.1 Å². The molecule has 9 rings (SSSR count). The molecule has 0 aliphatic heterocycles. The van der Waals surface area contributed by atoms with Crippen LogP contribution in [-0.4, -0.2) is 14.1 Å². The maximum absolute atomic E-state index is 4.86. The Morgan fingerprint density at radius 3 is 1.71 bits per heavy atom.